The fraction of sp³-hybridized carbons (Fsp3) is 0. The van der Waals surface area contributed by atoms with Gasteiger partial charge in [-0.3, -0.25) is 0 Å². The Hall–Kier alpha value is -2.15. The first-order chi connectivity index (χ1) is 9.90. The molecule has 0 radical (unpaired) electrons. The van der Waals surface area contributed by atoms with E-state index in [1.807, 2.05) is 36.4 Å². The highest BCUT2D eigenvalue weighted by Crippen LogP contribution is 2.43. The first-order valence-electron chi connectivity index (χ1n) is 6.37. The maximum Gasteiger partial charge on any atom is 0.180 e. The maximum atomic E-state index is 5.46. The van der Waals surface area contributed by atoms with Crippen LogP contribution in [0.3, 0.4) is 0 Å². The van der Waals surface area contributed by atoms with Crippen molar-refractivity contribution in [1.29, 1.82) is 0 Å². The van der Waals surface area contributed by atoms with E-state index in [0.717, 1.165) is 35.9 Å². The second-order valence-corrected chi connectivity index (χ2v) is 5.35. The van der Waals surface area contributed by atoms with Crippen LogP contribution in [0, 0.1) is 0 Å². The molecule has 0 atom stereocenters. The molecule has 0 fully saturated rings. The normalized spacial score (nSPS) is 10.7. The van der Waals surface area contributed by atoms with Crippen LogP contribution in [-0.4, -0.2) is 0 Å². The first kappa shape index (κ1) is 12.9. The van der Waals surface area contributed by atoms with Crippen LogP contribution in [-0.2, 0) is 0 Å². The molecule has 0 amide bonds. The van der Waals surface area contributed by atoms with Crippen LogP contribution in [0.4, 0.5) is 0 Å². The number of hydrogen-bond acceptors (Lipinski definition) is 2. The molecule has 0 bridgehead atoms. The summed E-state index contributed by atoms with van der Waals surface area (Å²) >= 11 is 0. The fourth-order valence-corrected chi connectivity index (χ4v) is 3.07. The Labute approximate surface area is 119 Å². The lowest BCUT2D eigenvalue weighted by Crippen LogP contribution is -2.02. The van der Waals surface area contributed by atoms with Crippen molar-refractivity contribution in [1.82, 2.24) is 0 Å². The van der Waals surface area contributed by atoms with Crippen molar-refractivity contribution >= 4 is 8.19 Å². The van der Waals surface area contributed by atoms with E-state index < -0.39 is 0 Å². The second kappa shape index (κ2) is 5.87. The smallest absolute Gasteiger partial charge is 0.180 e. The Bertz CT molecular complexity index is 699. The molecule has 0 aliphatic rings. The molecule has 2 N–H and O–H groups in total. The monoisotopic (exact) mass is 279 g/mol. The minimum absolute atomic E-state index is 0.776. The van der Waals surface area contributed by atoms with Gasteiger partial charge in [0.1, 0.15) is 0 Å². The highest BCUT2D eigenvalue weighted by molar-refractivity contribution is 7.32. The van der Waals surface area contributed by atoms with Gasteiger partial charge < -0.3 is 4.84 Å². The van der Waals surface area contributed by atoms with Gasteiger partial charge in [0.15, 0.2) is 5.48 Å². The SMILES string of the molecule is NOc1pccc(-c2ccccc2)c1-c1ccccc1. The zero-order chi connectivity index (χ0) is 13.8. The summed E-state index contributed by atoms with van der Waals surface area (Å²) in [5.41, 5.74) is 5.24. The summed E-state index contributed by atoms with van der Waals surface area (Å²) in [6.45, 7) is 0. The Morgan fingerprint density at radius 2 is 1.35 bits per heavy atom. The summed E-state index contributed by atoms with van der Waals surface area (Å²) in [7, 11) is 0.978. The van der Waals surface area contributed by atoms with Crippen molar-refractivity contribution in [3.63, 3.8) is 0 Å². The molecule has 2 aromatic carbocycles. The summed E-state index contributed by atoms with van der Waals surface area (Å²) in [5.74, 6) is 7.51. The second-order valence-electron chi connectivity index (χ2n) is 4.39. The summed E-state index contributed by atoms with van der Waals surface area (Å²) in [6, 6.07) is 22.6. The minimum Gasteiger partial charge on any atom is -0.406 e. The van der Waals surface area contributed by atoms with Crippen LogP contribution in [0.5, 0.6) is 5.48 Å². The van der Waals surface area contributed by atoms with E-state index in [-0.39, 0.29) is 0 Å². The lowest BCUT2D eigenvalue weighted by molar-refractivity contribution is 0.346. The number of hydrogen-bond donors (Lipinski definition) is 1. The predicted octanol–water partition coefficient (Wildman–Crippen LogP) is 4.85. The minimum atomic E-state index is 0.776. The largest absolute Gasteiger partial charge is 0.406 e. The zero-order valence-corrected chi connectivity index (χ0v) is 11.8. The molecule has 0 saturated carbocycles. The van der Waals surface area contributed by atoms with Gasteiger partial charge in [-0.2, -0.15) is 5.90 Å². The van der Waals surface area contributed by atoms with Gasteiger partial charge in [0.2, 0.25) is 0 Å². The molecule has 3 heteroatoms. The molecule has 2 nitrogen and oxygen atoms in total. The number of rotatable bonds is 3. The molecule has 98 valence electrons. The lowest BCUT2D eigenvalue weighted by atomic mass is 9.97. The van der Waals surface area contributed by atoms with Crippen molar-refractivity contribution in [2.45, 2.75) is 0 Å². The average molecular weight is 279 g/mol. The van der Waals surface area contributed by atoms with Gasteiger partial charge in [0, 0.05) is 5.56 Å². The molecule has 3 aromatic rings. The Morgan fingerprint density at radius 3 is 1.95 bits per heavy atom. The third-order valence-electron chi connectivity index (χ3n) is 3.18. The van der Waals surface area contributed by atoms with Crippen LogP contribution in [0.1, 0.15) is 0 Å². The zero-order valence-electron chi connectivity index (χ0n) is 10.9. The highest BCUT2D eigenvalue weighted by Gasteiger charge is 2.13. The summed E-state index contributed by atoms with van der Waals surface area (Å²) < 4.78 is 0. The molecular weight excluding hydrogens is 265 g/mol. The van der Waals surface area contributed by atoms with E-state index in [2.05, 4.69) is 36.1 Å². The molecule has 1 aromatic heterocycles. The van der Waals surface area contributed by atoms with Crippen LogP contribution in [0.15, 0.2) is 72.5 Å². The van der Waals surface area contributed by atoms with Crippen molar-refractivity contribution in [3.8, 4) is 27.7 Å². The van der Waals surface area contributed by atoms with Gasteiger partial charge in [0.05, 0.1) is 0 Å². The summed E-state index contributed by atoms with van der Waals surface area (Å²) in [6.07, 6.45) is 0. The van der Waals surface area contributed by atoms with Gasteiger partial charge in [-0.15, -0.1) is 0 Å². The van der Waals surface area contributed by atoms with Crippen molar-refractivity contribution in [2.75, 3.05) is 0 Å². The quantitative estimate of drug-likeness (QED) is 0.695. The van der Waals surface area contributed by atoms with Crippen molar-refractivity contribution in [2.24, 2.45) is 5.90 Å². The van der Waals surface area contributed by atoms with Gasteiger partial charge in [0.25, 0.3) is 0 Å². The molecule has 0 aliphatic carbocycles. The lowest BCUT2D eigenvalue weighted by Gasteiger charge is -2.13. The van der Waals surface area contributed by atoms with E-state index in [0.29, 0.717) is 0 Å². The maximum absolute atomic E-state index is 5.46. The van der Waals surface area contributed by atoms with Gasteiger partial charge in [-0.05, 0) is 36.7 Å². The van der Waals surface area contributed by atoms with E-state index in [9.17, 15) is 0 Å². The summed E-state index contributed by atoms with van der Waals surface area (Å²) in [5, 5.41) is 0. The molecule has 0 spiro atoms. The molecule has 0 unspecified atom stereocenters. The topological polar surface area (TPSA) is 35.2 Å². The van der Waals surface area contributed by atoms with Gasteiger partial charge in [-0.1, -0.05) is 60.7 Å². The Balaban J connectivity index is 2.26. The highest BCUT2D eigenvalue weighted by atomic mass is 31.0. The Morgan fingerprint density at radius 1 is 0.750 bits per heavy atom. The molecule has 0 aliphatic heterocycles. The van der Waals surface area contributed by atoms with E-state index in [1.54, 1.807) is 0 Å². The predicted molar refractivity (Wildman–Crippen MR) is 84.6 cm³/mol. The van der Waals surface area contributed by atoms with Crippen LogP contribution in [0.25, 0.3) is 22.3 Å². The van der Waals surface area contributed by atoms with Gasteiger partial charge >= 0.3 is 0 Å². The molecule has 1 heterocycles. The molecule has 20 heavy (non-hydrogen) atoms. The average Bonchev–Trinajstić information content (AvgIpc) is 2.55. The standard InChI is InChI=1S/C17H14NOP/c18-19-17-16(14-9-5-2-6-10-14)15(11-12-20-17)13-7-3-1-4-8-13/h1-12H,18H2. The third kappa shape index (κ3) is 2.44. The number of benzene rings is 2. The molecule has 0 saturated heterocycles. The van der Waals surface area contributed by atoms with Crippen LogP contribution in [0.2, 0.25) is 0 Å². The van der Waals surface area contributed by atoms with E-state index in [4.69, 9.17) is 10.7 Å². The van der Waals surface area contributed by atoms with Crippen LogP contribution < -0.4 is 10.7 Å². The molecular formula is C17H14NOP. The Kier molecular flexibility index (Phi) is 3.78. The fourth-order valence-electron chi connectivity index (χ4n) is 2.27. The van der Waals surface area contributed by atoms with Gasteiger partial charge in [-0.25, -0.2) is 0 Å². The van der Waals surface area contributed by atoms with E-state index >= 15 is 0 Å². The number of nitrogens with two attached hydrogens (primary N) is 1. The van der Waals surface area contributed by atoms with E-state index in [1.165, 1.54) is 0 Å². The summed E-state index contributed by atoms with van der Waals surface area (Å²) in [4.78, 5) is 5.11. The molecule has 3 rings (SSSR count). The van der Waals surface area contributed by atoms with Crippen molar-refractivity contribution < 1.29 is 4.84 Å². The third-order valence-corrected chi connectivity index (χ3v) is 4.04. The van der Waals surface area contributed by atoms with Crippen molar-refractivity contribution in [3.05, 3.63) is 72.5 Å². The first-order valence-corrected chi connectivity index (χ1v) is 7.33. The van der Waals surface area contributed by atoms with Crippen LogP contribution >= 0.6 is 8.19 Å².